The Labute approximate surface area is 151 Å². The van der Waals surface area contributed by atoms with Crippen molar-refractivity contribution in [1.29, 1.82) is 0 Å². The van der Waals surface area contributed by atoms with Gasteiger partial charge in [0.25, 0.3) is 0 Å². The molecule has 4 rings (SSSR count). The highest BCUT2D eigenvalue weighted by Gasteiger charge is 2.30. The summed E-state index contributed by atoms with van der Waals surface area (Å²) in [6.45, 7) is 0.828. The average molecular weight is 377 g/mol. The normalized spacial score (nSPS) is 17.7. The molecule has 0 unspecified atom stereocenters. The molecule has 3 aromatic heterocycles. The van der Waals surface area contributed by atoms with E-state index in [-0.39, 0.29) is 11.9 Å². The summed E-state index contributed by atoms with van der Waals surface area (Å²) in [5.74, 6) is 0.969. The third-order valence-electron chi connectivity index (χ3n) is 4.10. The highest BCUT2D eigenvalue weighted by molar-refractivity contribution is 7.99. The molecule has 1 aliphatic rings. The second kappa shape index (κ2) is 6.70. The van der Waals surface area contributed by atoms with Gasteiger partial charge in [-0.05, 0) is 35.7 Å². The number of anilines is 1. The molecule has 24 heavy (non-hydrogen) atoms. The lowest BCUT2D eigenvalue weighted by Crippen LogP contribution is -2.31. The molecule has 3 aromatic rings. The zero-order valence-corrected chi connectivity index (χ0v) is 15.3. The van der Waals surface area contributed by atoms with Crippen molar-refractivity contribution in [2.24, 2.45) is 0 Å². The Kier molecular flexibility index (Phi) is 4.43. The zero-order valence-electron chi connectivity index (χ0n) is 12.8. The number of thiophene rings is 2. The van der Waals surface area contributed by atoms with Gasteiger partial charge in [0.2, 0.25) is 5.91 Å². The minimum absolute atomic E-state index is 0.143. The van der Waals surface area contributed by atoms with Gasteiger partial charge in [-0.3, -0.25) is 4.79 Å². The van der Waals surface area contributed by atoms with Gasteiger partial charge < -0.3 is 10.6 Å². The highest BCUT2D eigenvalue weighted by Crippen LogP contribution is 2.35. The average Bonchev–Trinajstić information content (AvgIpc) is 3.31. The molecule has 0 aromatic carbocycles. The van der Waals surface area contributed by atoms with E-state index in [2.05, 4.69) is 21.4 Å². The van der Waals surface area contributed by atoms with Crippen molar-refractivity contribution in [3.05, 3.63) is 33.8 Å². The molecule has 4 heterocycles. The van der Waals surface area contributed by atoms with E-state index in [4.69, 9.17) is 5.73 Å². The predicted molar refractivity (Wildman–Crippen MR) is 101 cm³/mol. The molecule has 0 bridgehead atoms. The van der Waals surface area contributed by atoms with E-state index >= 15 is 0 Å². The summed E-state index contributed by atoms with van der Waals surface area (Å²) < 4.78 is 0. The number of aromatic nitrogens is 2. The fourth-order valence-corrected chi connectivity index (χ4v) is 5.41. The Bertz CT molecular complexity index is 861. The first kappa shape index (κ1) is 15.9. The van der Waals surface area contributed by atoms with E-state index in [1.165, 1.54) is 28.0 Å². The van der Waals surface area contributed by atoms with Crippen LogP contribution in [0.2, 0.25) is 0 Å². The van der Waals surface area contributed by atoms with Crippen LogP contribution in [0.3, 0.4) is 0 Å². The van der Waals surface area contributed by atoms with Gasteiger partial charge in [-0.1, -0.05) is 17.8 Å². The lowest BCUT2D eigenvalue weighted by molar-refractivity contribution is -0.129. The van der Waals surface area contributed by atoms with Crippen molar-refractivity contribution >= 4 is 56.4 Å². The fraction of sp³-hybridized carbons (Fsp3) is 0.312. The number of likely N-dealkylation sites (tertiary alicyclic amines) is 1. The highest BCUT2D eigenvalue weighted by atomic mass is 32.2. The van der Waals surface area contributed by atoms with Gasteiger partial charge in [0, 0.05) is 11.4 Å². The molecular formula is C16H16N4OS3. The van der Waals surface area contributed by atoms with Crippen molar-refractivity contribution in [3.63, 3.8) is 0 Å². The number of carbonyl (C=O) groups is 1. The molecule has 5 nitrogen and oxygen atoms in total. The maximum absolute atomic E-state index is 12.6. The maximum atomic E-state index is 12.6. The van der Waals surface area contributed by atoms with Gasteiger partial charge in [0.15, 0.2) is 5.16 Å². The number of rotatable bonds is 4. The third kappa shape index (κ3) is 3.01. The van der Waals surface area contributed by atoms with Crippen molar-refractivity contribution in [1.82, 2.24) is 14.9 Å². The Morgan fingerprint density at radius 3 is 3.08 bits per heavy atom. The zero-order chi connectivity index (χ0) is 16.5. The second-order valence-corrected chi connectivity index (χ2v) is 8.40. The van der Waals surface area contributed by atoms with Crippen molar-refractivity contribution in [3.8, 4) is 0 Å². The van der Waals surface area contributed by atoms with E-state index in [9.17, 15) is 4.79 Å². The van der Waals surface area contributed by atoms with E-state index in [0.29, 0.717) is 16.7 Å². The molecule has 2 N–H and O–H groups in total. The lowest BCUT2D eigenvalue weighted by atomic mass is 10.2. The number of hydrogen-bond donors (Lipinski definition) is 1. The number of fused-ring (bicyclic) bond motifs is 1. The topological polar surface area (TPSA) is 72.1 Å². The number of nitrogens with two attached hydrogens (primary N) is 1. The third-order valence-corrected chi connectivity index (χ3v) is 6.72. The van der Waals surface area contributed by atoms with Crippen molar-refractivity contribution in [2.75, 3.05) is 18.0 Å². The van der Waals surface area contributed by atoms with Gasteiger partial charge in [-0.15, -0.1) is 22.7 Å². The van der Waals surface area contributed by atoms with Crippen LogP contribution in [0, 0.1) is 0 Å². The SMILES string of the molecule is Nc1nc(SCC(=O)N2CCC[C@H]2c2cccs2)nc2sccc12. The van der Waals surface area contributed by atoms with Gasteiger partial charge in [0.1, 0.15) is 10.6 Å². The molecule has 1 amide bonds. The van der Waals surface area contributed by atoms with Gasteiger partial charge in [-0.25, -0.2) is 9.97 Å². The second-order valence-electron chi connectivity index (χ2n) is 5.58. The van der Waals surface area contributed by atoms with E-state index in [0.717, 1.165) is 29.6 Å². The molecule has 8 heteroatoms. The monoisotopic (exact) mass is 376 g/mol. The number of carbonyl (C=O) groups excluding carboxylic acids is 1. The van der Waals surface area contributed by atoms with Crippen LogP contribution in [0.4, 0.5) is 5.82 Å². The largest absolute Gasteiger partial charge is 0.383 e. The Balaban J connectivity index is 1.45. The molecule has 1 aliphatic heterocycles. The fourth-order valence-electron chi connectivity index (χ4n) is 2.97. The Morgan fingerprint density at radius 2 is 2.25 bits per heavy atom. The summed E-state index contributed by atoms with van der Waals surface area (Å²) >= 11 is 4.62. The molecule has 0 aliphatic carbocycles. The summed E-state index contributed by atoms with van der Waals surface area (Å²) in [5.41, 5.74) is 5.96. The smallest absolute Gasteiger partial charge is 0.233 e. The predicted octanol–water partition coefficient (Wildman–Crippen LogP) is 3.79. The van der Waals surface area contributed by atoms with Crippen LogP contribution in [0.15, 0.2) is 34.1 Å². The van der Waals surface area contributed by atoms with E-state index < -0.39 is 0 Å². The first-order valence-corrected chi connectivity index (χ1v) is 10.4. The molecule has 1 atom stereocenters. The summed E-state index contributed by atoms with van der Waals surface area (Å²) in [6, 6.07) is 6.31. The molecule has 0 radical (unpaired) electrons. The molecule has 1 fully saturated rings. The number of nitrogen functional groups attached to an aromatic ring is 1. The molecule has 124 valence electrons. The van der Waals surface area contributed by atoms with Crippen LogP contribution in [-0.4, -0.2) is 33.1 Å². The van der Waals surface area contributed by atoms with Crippen LogP contribution in [0.25, 0.3) is 10.2 Å². The lowest BCUT2D eigenvalue weighted by Gasteiger charge is -2.23. The summed E-state index contributed by atoms with van der Waals surface area (Å²) in [6.07, 6.45) is 2.10. The first-order valence-electron chi connectivity index (χ1n) is 7.69. The van der Waals surface area contributed by atoms with Gasteiger partial charge >= 0.3 is 0 Å². The number of amides is 1. The molecule has 0 spiro atoms. The van der Waals surface area contributed by atoms with E-state index in [1.54, 1.807) is 11.3 Å². The van der Waals surface area contributed by atoms with Gasteiger partial charge in [0.05, 0.1) is 17.2 Å². The Hall–Kier alpha value is -1.64. The molecule has 1 saturated heterocycles. The number of thioether (sulfide) groups is 1. The minimum Gasteiger partial charge on any atom is -0.383 e. The summed E-state index contributed by atoms with van der Waals surface area (Å²) in [4.78, 5) is 25.6. The van der Waals surface area contributed by atoms with Crippen LogP contribution in [0.5, 0.6) is 0 Å². The van der Waals surface area contributed by atoms with Crippen molar-refractivity contribution < 1.29 is 4.79 Å². The Morgan fingerprint density at radius 1 is 1.33 bits per heavy atom. The van der Waals surface area contributed by atoms with Crippen LogP contribution >= 0.6 is 34.4 Å². The summed E-state index contributed by atoms with van der Waals surface area (Å²) in [7, 11) is 0. The first-order chi connectivity index (χ1) is 11.7. The molecule has 0 saturated carbocycles. The van der Waals surface area contributed by atoms with Crippen LogP contribution in [0.1, 0.15) is 23.8 Å². The van der Waals surface area contributed by atoms with Crippen molar-refractivity contribution in [2.45, 2.75) is 24.0 Å². The number of nitrogens with zero attached hydrogens (tertiary/aromatic N) is 3. The van der Waals surface area contributed by atoms with Gasteiger partial charge in [-0.2, -0.15) is 0 Å². The standard InChI is InChI=1S/C16H16N4OS3/c17-14-10-5-8-23-15(10)19-16(18-14)24-9-13(21)20-6-1-3-11(20)12-4-2-7-22-12/h2,4-5,7-8,11H,1,3,6,9H2,(H2,17,18,19)/t11-/m0/s1. The van der Waals surface area contributed by atoms with Crippen LogP contribution in [-0.2, 0) is 4.79 Å². The van der Waals surface area contributed by atoms with E-state index in [1.807, 2.05) is 22.4 Å². The molecular weight excluding hydrogens is 360 g/mol. The summed E-state index contributed by atoms with van der Waals surface area (Å²) in [5, 5.41) is 5.47. The number of hydrogen-bond acceptors (Lipinski definition) is 7. The maximum Gasteiger partial charge on any atom is 0.233 e. The minimum atomic E-state index is 0.143. The quantitative estimate of drug-likeness (QED) is 0.554. The van der Waals surface area contributed by atoms with Crippen LogP contribution < -0.4 is 5.73 Å².